The standard InChI is InChI=1S/C26H32N6O4/c1-20(33)32-19-21(23-4-2-3-5-24(23)32)18-27-29-25-16-22(31-9-13-35-14-10-31)17-26(28-25)36-15-8-30-6-11-34-12-7-30/h2-5,16-19H,6-15H2,1H3,(H,28,29). The van der Waals surface area contributed by atoms with Crippen LogP contribution in [0.5, 0.6) is 5.88 Å². The molecule has 0 atom stereocenters. The van der Waals surface area contributed by atoms with Crippen LogP contribution in [-0.4, -0.2) is 92.3 Å². The average molecular weight is 493 g/mol. The molecule has 4 heterocycles. The number of fused-ring (bicyclic) bond motifs is 1. The monoisotopic (exact) mass is 492 g/mol. The zero-order valence-electron chi connectivity index (χ0n) is 20.6. The molecule has 0 radical (unpaired) electrons. The molecule has 2 aromatic heterocycles. The molecule has 5 rings (SSSR count). The molecule has 0 unspecified atom stereocenters. The smallest absolute Gasteiger partial charge is 0.227 e. The summed E-state index contributed by atoms with van der Waals surface area (Å²) in [6, 6.07) is 11.7. The number of morpholine rings is 2. The molecule has 0 amide bonds. The van der Waals surface area contributed by atoms with Crippen LogP contribution >= 0.6 is 0 Å². The zero-order chi connectivity index (χ0) is 24.7. The quantitative estimate of drug-likeness (QED) is 0.379. The summed E-state index contributed by atoms with van der Waals surface area (Å²) in [5.74, 6) is 1.10. The van der Waals surface area contributed by atoms with Gasteiger partial charge in [-0.3, -0.25) is 19.7 Å². The van der Waals surface area contributed by atoms with Crippen molar-refractivity contribution in [3.63, 3.8) is 0 Å². The molecule has 1 N–H and O–H groups in total. The van der Waals surface area contributed by atoms with E-state index in [1.165, 1.54) is 0 Å². The largest absolute Gasteiger partial charge is 0.476 e. The van der Waals surface area contributed by atoms with E-state index in [2.05, 4.69) is 25.3 Å². The lowest BCUT2D eigenvalue weighted by atomic mass is 10.2. The molecule has 0 aliphatic carbocycles. The van der Waals surface area contributed by atoms with Gasteiger partial charge in [0.25, 0.3) is 0 Å². The van der Waals surface area contributed by atoms with Crippen LogP contribution in [0.3, 0.4) is 0 Å². The third-order valence-corrected chi connectivity index (χ3v) is 6.39. The van der Waals surface area contributed by atoms with E-state index in [0.29, 0.717) is 31.5 Å². The first-order valence-electron chi connectivity index (χ1n) is 12.4. The highest BCUT2D eigenvalue weighted by atomic mass is 16.5. The summed E-state index contributed by atoms with van der Waals surface area (Å²) in [4.78, 5) is 21.3. The number of para-hydroxylation sites is 1. The van der Waals surface area contributed by atoms with Crippen molar-refractivity contribution in [1.82, 2.24) is 14.5 Å². The number of rotatable bonds is 8. The minimum Gasteiger partial charge on any atom is -0.476 e. The van der Waals surface area contributed by atoms with Crippen molar-refractivity contribution in [3.05, 3.63) is 48.2 Å². The molecule has 10 heteroatoms. The van der Waals surface area contributed by atoms with Crippen molar-refractivity contribution in [1.29, 1.82) is 0 Å². The van der Waals surface area contributed by atoms with Crippen LogP contribution in [0.15, 0.2) is 47.7 Å². The maximum atomic E-state index is 12.0. The van der Waals surface area contributed by atoms with E-state index in [1.54, 1.807) is 23.9 Å². The fraction of sp³-hybridized carbons (Fsp3) is 0.423. The number of nitrogens with zero attached hydrogens (tertiary/aromatic N) is 5. The van der Waals surface area contributed by atoms with Gasteiger partial charge in [-0.15, -0.1) is 0 Å². The lowest BCUT2D eigenvalue weighted by Gasteiger charge is -2.29. The van der Waals surface area contributed by atoms with E-state index in [9.17, 15) is 4.79 Å². The van der Waals surface area contributed by atoms with Crippen LogP contribution in [0, 0.1) is 0 Å². The Morgan fingerprint density at radius 2 is 1.86 bits per heavy atom. The van der Waals surface area contributed by atoms with Crippen LogP contribution in [0.1, 0.15) is 17.3 Å². The van der Waals surface area contributed by atoms with Crippen LogP contribution in [-0.2, 0) is 9.47 Å². The summed E-state index contributed by atoms with van der Waals surface area (Å²) >= 11 is 0. The fourth-order valence-corrected chi connectivity index (χ4v) is 4.47. The lowest BCUT2D eigenvalue weighted by molar-refractivity contribution is 0.0320. The first-order valence-corrected chi connectivity index (χ1v) is 12.4. The van der Waals surface area contributed by atoms with E-state index < -0.39 is 0 Å². The summed E-state index contributed by atoms with van der Waals surface area (Å²) in [7, 11) is 0. The van der Waals surface area contributed by atoms with Gasteiger partial charge in [-0.1, -0.05) is 18.2 Å². The molecule has 10 nitrogen and oxygen atoms in total. The van der Waals surface area contributed by atoms with Crippen LogP contribution in [0.4, 0.5) is 11.5 Å². The Labute approximate surface area is 210 Å². The number of pyridine rings is 1. The van der Waals surface area contributed by atoms with Crippen molar-refractivity contribution in [2.45, 2.75) is 6.92 Å². The van der Waals surface area contributed by atoms with Crippen LogP contribution in [0.25, 0.3) is 10.9 Å². The molecule has 2 aliphatic heterocycles. The van der Waals surface area contributed by atoms with Gasteiger partial charge in [-0.25, -0.2) is 0 Å². The average Bonchev–Trinajstić information content (AvgIpc) is 3.29. The molecular formula is C26H32N6O4. The Balaban J connectivity index is 1.32. The third-order valence-electron chi connectivity index (χ3n) is 6.39. The number of hydrogen-bond donors (Lipinski definition) is 1. The Bertz CT molecular complexity index is 1210. The second-order valence-corrected chi connectivity index (χ2v) is 8.81. The SMILES string of the molecule is CC(=O)n1cc(C=NNc2cc(N3CCOCC3)cc(OCCN3CCOCC3)n2)c2ccccc21. The minimum atomic E-state index is -0.0439. The second kappa shape index (κ2) is 11.5. The van der Waals surface area contributed by atoms with Gasteiger partial charge in [0, 0.05) is 74.6 Å². The summed E-state index contributed by atoms with van der Waals surface area (Å²) in [5.41, 5.74) is 5.77. The Morgan fingerprint density at radius 1 is 1.11 bits per heavy atom. The molecule has 36 heavy (non-hydrogen) atoms. The normalized spacial score (nSPS) is 17.1. The molecule has 2 saturated heterocycles. The molecule has 190 valence electrons. The first-order chi connectivity index (χ1) is 17.7. The summed E-state index contributed by atoms with van der Waals surface area (Å²) < 4.78 is 18.6. The molecular weight excluding hydrogens is 460 g/mol. The number of carbonyl (C=O) groups is 1. The number of benzene rings is 1. The van der Waals surface area contributed by atoms with Crippen molar-refractivity contribution in [2.24, 2.45) is 5.10 Å². The second-order valence-electron chi connectivity index (χ2n) is 8.81. The number of hydrazone groups is 1. The predicted octanol–water partition coefficient (Wildman–Crippen LogP) is 2.69. The number of anilines is 2. The van der Waals surface area contributed by atoms with Gasteiger partial charge in [0.15, 0.2) is 5.82 Å². The van der Waals surface area contributed by atoms with E-state index in [0.717, 1.165) is 68.1 Å². The topological polar surface area (TPSA) is 93.5 Å². The number of aromatic nitrogens is 2. The maximum Gasteiger partial charge on any atom is 0.227 e. The molecule has 2 aliphatic rings. The summed E-state index contributed by atoms with van der Waals surface area (Å²) in [5, 5.41) is 5.39. The van der Waals surface area contributed by atoms with Gasteiger partial charge in [0.2, 0.25) is 11.8 Å². The fourth-order valence-electron chi connectivity index (χ4n) is 4.47. The molecule has 0 spiro atoms. The highest BCUT2D eigenvalue weighted by molar-refractivity contribution is 6.03. The first kappa shape index (κ1) is 24.2. The molecule has 3 aromatic rings. The van der Waals surface area contributed by atoms with E-state index in [4.69, 9.17) is 14.2 Å². The highest BCUT2D eigenvalue weighted by Crippen LogP contribution is 2.25. The number of nitrogens with one attached hydrogen (secondary N) is 1. The Hall–Kier alpha value is -3.47. The van der Waals surface area contributed by atoms with Gasteiger partial charge < -0.3 is 19.1 Å². The van der Waals surface area contributed by atoms with Gasteiger partial charge in [0.05, 0.1) is 38.2 Å². The van der Waals surface area contributed by atoms with Gasteiger partial charge in [0.1, 0.15) is 6.61 Å². The molecule has 0 bridgehead atoms. The minimum absolute atomic E-state index is 0.0439. The van der Waals surface area contributed by atoms with Gasteiger partial charge >= 0.3 is 0 Å². The number of carbonyl (C=O) groups excluding carboxylic acids is 1. The van der Waals surface area contributed by atoms with Crippen LogP contribution in [0.2, 0.25) is 0 Å². The maximum absolute atomic E-state index is 12.0. The summed E-state index contributed by atoms with van der Waals surface area (Å²) in [6.07, 6.45) is 3.51. The van der Waals surface area contributed by atoms with Gasteiger partial charge in [-0.2, -0.15) is 10.1 Å². The molecule has 1 aromatic carbocycles. The number of hydrogen-bond acceptors (Lipinski definition) is 9. The third kappa shape index (κ3) is 5.84. The molecule has 2 fully saturated rings. The van der Waals surface area contributed by atoms with E-state index in [-0.39, 0.29) is 5.91 Å². The van der Waals surface area contributed by atoms with E-state index >= 15 is 0 Å². The van der Waals surface area contributed by atoms with Crippen molar-refractivity contribution >= 4 is 34.5 Å². The molecule has 0 saturated carbocycles. The van der Waals surface area contributed by atoms with E-state index in [1.807, 2.05) is 36.4 Å². The van der Waals surface area contributed by atoms with Crippen molar-refractivity contribution in [2.75, 3.05) is 76.1 Å². The Morgan fingerprint density at radius 3 is 2.64 bits per heavy atom. The Kier molecular flexibility index (Phi) is 7.75. The summed E-state index contributed by atoms with van der Waals surface area (Å²) in [6.45, 7) is 9.30. The van der Waals surface area contributed by atoms with Crippen LogP contribution < -0.4 is 15.1 Å². The van der Waals surface area contributed by atoms with Gasteiger partial charge in [-0.05, 0) is 6.07 Å². The predicted molar refractivity (Wildman–Crippen MR) is 139 cm³/mol. The number of ether oxygens (including phenoxy) is 3. The lowest BCUT2D eigenvalue weighted by Crippen LogP contribution is -2.38. The highest BCUT2D eigenvalue weighted by Gasteiger charge is 2.15. The van der Waals surface area contributed by atoms with Crippen molar-refractivity contribution < 1.29 is 19.0 Å². The van der Waals surface area contributed by atoms with Crippen molar-refractivity contribution in [3.8, 4) is 5.88 Å². The zero-order valence-corrected chi connectivity index (χ0v) is 20.6.